The Kier molecular flexibility index (Phi) is 5.41. The highest BCUT2D eigenvalue weighted by molar-refractivity contribution is 5.68. The fourth-order valence-electron chi connectivity index (χ4n) is 2.32. The Morgan fingerprint density at radius 1 is 1.44 bits per heavy atom. The van der Waals surface area contributed by atoms with Crippen molar-refractivity contribution in [2.75, 3.05) is 26.7 Å². The summed E-state index contributed by atoms with van der Waals surface area (Å²) >= 11 is 0. The first-order valence-electron chi connectivity index (χ1n) is 6.63. The van der Waals surface area contributed by atoms with Gasteiger partial charge in [0.2, 0.25) is 0 Å². The number of hydrogen-bond donors (Lipinski definition) is 2. The molecule has 1 heterocycles. The zero-order valence-electron chi connectivity index (χ0n) is 11.9. The van der Waals surface area contributed by atoms with Crippen molar-refractivity contribution in [3.8, 4) is 0 Å². The molecule has 2 unspecified atom stereocenters. The molecule has 2 N–H and O–H groups in total. The second kappa shape index (κ2) is 6.38. The molecule has 1 aliphatic heterocycles. The normalized spacial score (nSPS) is 24.4. The molecule has 0 saturated carbocycles. The molecule has 1 aliphatic rings. The van der Waals surface area contributed by atoms with Gasteiger partial charge < -0.3 is 20.1 Å². The van der Waals surface area contributed by atoms with Crippen LogP contribution in [0.5, 0.6) is 0 Å². The molecule has 0 bridgehead atoms. The Hall–Kier alpha value is -0.810. The fourth-order valence-corrected chi connectivity index (χ4v) is 2.32. The Labute approximate surface area is 109 Å². The van der Waals surface area contributed by atoms with Gasteiger partial charge >= 0.3 is 6.09 Å². The number of rotatable bonds is 4. The lowest BCUT2D eigenvalue weighted by molar-refractivity contribution is 0.0285. The van der Waals surface area contributed by atoms with Crippen LogP contribution >= 0.6 is 0 Å². The monoisotopic (exact) mass is 258 g/mol. The fraction of sp³-hybridized carbons (Fsp3) is 0.923. The van der Waals surface area contributed by atoms with E-state index in [0.717, 1.165) is 12.8 Å². The number of aliphatic hydroxyl groups excluding tert-OH is 1. The Balaban J connectivity index is 2.52. The predicted octanol–water partition coefficient (Wildman–Crippen LogP) is 1.21. The highest BCUT2D eigenvalue weighted by Crippen LogP contribution is 2.23. The van der Waals surface area contributed by atoms with Gasteiger partial charge in [-0.1, -0.05) is 0 Å². The standard InChI is InChI=1S/C13H26N2O3/c1-13(2,3)18-12(17)15-8-10(6-5-7-16)11(9-15)14-4/h10-11,14,16H,5-9H2,1-4H3. The van der Waals surface area contributed by atoms with Crippen molar-refractivity contribution in [1.29, 1.82) is 0 Å². The molecule has 2 atom stereocenters. The highest BCUT2D eigenvalue weighted by Gasteiger charge is 2.35. The molecule has 5 nitrogen and oxygen atoms in total. The number of ether oxygens (including phenoxy) is 1. The Bertz CT molecular complexity index is 276. The lowest BCUT2D eigenvalue weighted by Gasteiger charge is -2.24. The highest BCUT2D eigenvalue weighted by atomic mass is 16.6. The van der Waals surface area contributed by atoms with Crippen molar-refractivity contribution >= 4 is 6.09 Å². The summed E-state index contributed by atoms with van der Waals surface area (Å²) in [4.78, 5) is 13.7. The van der Waals surface area contributed by atoms with Crippen LogP contribution in [-0.4, -0.2) is 54.5 Å². The van der Waals surface area contributed by atoms with Gasteiger partial charge in [0, 0.05) is 25.7 Å². The van der Waals surface area contributed by atoms with E-state index < -0.39 is 5.60 Å². The summed E-state index contributed by atoms with van der Waals surface area (Å²) < 4.78 is 5.38. The van der Waals surface area contributed by atoms with Crippen LogP contribution < -0.4 is 5.32 Å². The average molecular weight is 258 g/mol. The van der Waals surface area contributed by atoms with E-state index in [-0.39, 0.29) is 12.7 Å². The SMILES string of the molecule is CNC1CN(C(=O)OC(C)(C)C)CC1CCCO. The van der Waals surface area contributed by atoms with E-state index in [1.807, 2.05) is 27.8 Å². The van der Waals surface area contributed by atoms with E-state index in [0.29, 0.717) is 25.0 Å². The molecule has 0 aromatic carbocycles. The van der Waals surface area contributed by atoms with Crippen LogP contribution in [0, 0.1) is 5.92 Å². The summed E-state index contributed by atoms with van der Waals surface area (Å²) in [6.07, 6.45) is 1.47. The van der Waals surface area contributed by atoms with Crippen LogP contribution in [0.3, 0.4) is 0 Å². The third-order valence-electron chi connectivity index (χ3n) is 3.20. The number of likely N-dealkylation sites (tertiary alicyclic amines) is 1. The van der Waals surface area contributed by atoms with Crippen molar-refractivity contribution < 1.29 is 14.6 Å². The maximum absolute atomic E-state index is 12.0. The maximum Gasteiger partial charge on any atom is 0.410 e. The Morgan fingerprint density at radius 3 is 2.61 bits per heavy atom. The molecule has 0 aromatic heterocycles. The van der Waals surface area contributed by atoms with Gasteiger partial charge in [-0.3, -0.25) is 0 Å². The summed E-state index contributed by atoms with van der Waals surface area (Å²) in [7, 11) is 1.91. The number of carbonyl (C=O) groups is 1. The van der Waals surface area contributed by atoms with Crippen LogP contribution in [0.1, 0.15) is 33.6 Å². The second-order valence-corrected chi connectivity index (χ2v) is 5.91. The molecule has 5 heteroatoms. The van der Waals surface area contributed by atoms with Crippen LogP contribution in [0.4, 0.5) is 4.79 Å². The zero-order chi connectivity index (χ0) is 13.8. The summed E-state index contributed by atoms with van der Waals surface area (Å²) in [5, 5.41) is 12.1. The van der Waals surface area contributed by atoms with Gasteiger partial charge in [0.15, 0.2) is 0 Å². The quantitative estimate of drug-likeness (QED) is 0.796. The van der Waals surface area contributed by atoms with Gasteiger partial charge in [-0.05, 0) is 46.6 Å². The molecule has 0 aliphatic carbocycles. The minimum atomic E-state index is -0.449. The molecular formula is C13H26N2O3. The molecule has 18 heavy (non-hydrogen) atoms. The number of hydrogen-bond acceptors (Lipinski definition) is 4. The average Bonchev–Trinajstić information content (AvgIpc) is 2.67. The van der Waals surface area contributed by atoms with Gasteiger partial charge in [0.1, 0.15) is 5.60 Å². The van der Waals surface area contributed by atoms with Gasteiger partial charge in [0.25, 0.3) is 0 Å². The van der Waals surface area contributed by atoms with Crippen molar-refractivity contribution in [3.63, 3.8) is 0 Å². The van der Waals surface area contributed by atoms with Gasteiger partial charge in [-0.2, -0.15) is 0 Å². The molecule has 0 aromatic rings. The van der Waals surface area contributed by atoms with E-state index in [4.69, 9.17) is 9.84 Å². The van der Waals surface area contributed by atoms with E-state index in [1.165, 1.54) is 0 Å². The minimum Gasteiger partial charge on any atom is -0.444 e. The van der Waals surface area contributed by atoms with Crippen molar-refractivity contribution in [3.05, 3.63) is 0 Å². The number of amides is 1. The van der Waals surface area contributed by atoms with Crippen molar-refractivity contribution in [2.24, 2.45) is 5.92 Å². The smallest absolute Gasteiger partial charge is 0.410 e. The van der Waals surface area contributed by atoms with Crippen LogP contribution in [0.15, 0.2) is 0 Å². The first-order valence-corrected chi connectivity index (χ1v) is 6.63. The number of carbonyl (C=O) groups excluding carboxylic acids is 1. The van der Waals surface area contributed by atoms with Crippen LogP contribution in [0.25, 0.3) is 0 Å². The molecule has 1 amide bonds. The van der Waals surface area contributed by atoms with Gasteiger partial charge in [-0.25, -0.2) is 4.79 Å². The topological polar surface area (TPSA) is 61.8 Å². The number of nitrogens with zero attached hydrogens (tertiary/aromatic N) is 1. The zero-order valence-corrected chi connectivity index (χ0v) is 11.9. The maximum atomic E-state index is 12.0. The second-order valence-electron chi connectivity index (χ2n) is 5.91. The third kappa shape index (κ3) is 4.46. The third-order valence-corrected chi connectivity index (χ3v) is 3.20. The predicted molar refractivity (Wildman–Crippen MR) is 70.5 cm³/mol. The van der Waals surface area contributed by atoms with E-state index in [2.05, 4.69) is 5.32 Å². The molecular weight excluding hydrogens is 232 g/mol. The van der Waals surface area contributed by atoms with Crippen LogP contribution in [0.2, 0.25) is 0 Å². The molecule has 106 valence electrons. The molecule has 1 fully saturated rings. The van der Waals surface area contributed by atoms with E-state index in [1.54, 1.807) is 4.90 Å². The molecule has 1 rings (SSSR count). The number of likely N-dealkylation sites (N-methyl/N-ethyl adjacent to an activating group) is 1. The van der Waals surface area contributed by atoms with Crippen molar-refractivity contribution in [1.82, 2.24) is 10.2 Å². The Morgan fingerprint density at radius 2 is 2.11 bits per heavy atom. The summed E-state index contributed by atoms with van der Waals surface area (Å²) in [6, 6.07) is 0.295. The molecule has 0 radical (unpaired) electrons. The lowest BCUT2D eigenvalue weighted by Crippen LogP contribution is -2.37. The van der Waals surface area contributed by atoms with E-state index >= 15 is 0 Å². The minimum absolute atomic E-state index is 0.208. The summed E-state index contributed by atoms with van der Waals surface area (Å²) in [6.45, 7) is 7.22. The summed E-state index contributed by atoms with van der Waals surface area (Å²) in [5.74, 6) is 0.398. The number of aliphatic hydroxyl groups is 1. The van der Waals surface area contributed by atoms with Crippen molar-refractivity contribution in [2.45, 2.75) is 45.3 Å². The molecule has 0 spiro atoms. The summed E-state index contributed by atoms with van der Waals surface area (Å²) in [5.41, 5.74) is -0.449. The number of nitrogens with one attached hydrogen (secondary N) is 1. The van der Waals surface area contributed by atoms with Gasteiger partial charge in [-0.15, -0.1) is 0 Å². The largest absolute Gasteiger partial charge is 0.444 e. The van der Waals surface area contributed by atoms with Crippen LogP contribution in [-0.2, 0) is 4.74 Å². The first-order chi connectivity index (χ1) is 8.37. The molecule has 1 saturated heterocycles. The van der Waals surface area contributed by atoms with E-state index in [9.17, 15) is 4.79 Å². The first kappa shape index (κ1) is 15.2. The lowest BCUT2D eigenvalue weighted by atomic mass is 9.98. The van der Waals surface area contributed by atoms with Gasteiger partial charge in [0.05, 0.1) is 0 Å².